The summed E-state index contributed by atoms with van der Waals surface area (Å²) in [5, 5.41) is 20.5. The van der Waals surface area contributed by atoms with E-state index in [1.807, 2.05) is 6.07 Å². The van der Waals surface area contributed by atoms with Crippen molar-refractivity contribution >= 4 is 11.8 Å². The minimum Gasteiger partial charge on any atom is -0.479 e. The molecule has 0 saturated carbocycles. The van der Waals surface area contributed by atoms with Crippen LogP contribution in [0, 0.1) is 18.3 Å². The number of nitrogens with zero attached hydrogens (tertiary/aromatic N) is 2. The van der Waals surface area contributed by atoms with Crippen molar-refractivity contribution in [2.45, 2.75) is 13.0 Å². The van der Waals surface area contributed by atoms with E-state index in [0.717, 1.165) is 5.56 Å². The molecule has 6 heteroatoms. The molecule has 0 aliphatic rings. The van der Waals surface area contributed by atoms with Crippen LogP contribution in [-0.4, -0.2) is 35.8 Å². The second kappa shape index (κ2) is 5.82. The van der Waals surface area contributed by atoms with Gasteiger partial charge in [0, 0.05) is 13.3 Å². The van der Waals surface area contributed by atoms with Crippen LogP contribution in [0.15, 0.2) is 12.3 Å². The van der Waals surface area contributed by atoms with Crippen molar-refractivity contribution in [3.8, 4) is 6.07 Å². The molecule has 0 aliphatic carbocycles. The number of carboxylic acids is 1. The second-order valence-electron chi connectivity index (χ2n) is 3.41. The summed E-state index contributed by atoms with van der Waals surface area (Å²) in [6.07, 6.45) is 0.588. The molecule has 17 heavy (non-hydrogen) atoms. The Morgan fingerprint density at radius 3 is 3.00 bits per heavy atom. The minimum atomic E-state index is -1.06. The van der Waals surface area contributed by atoms with Crippen LogP contribution in [-0.2, 0) is 9.53 Å². The summed E-state index contributed by atoms with van der Waals surface area (Å²) in [4.78, 5) is 14.7. The number of aryl methyl sites for hydroxylation is 1. The Hall–Kier alpha value is -2.13. The standard InChI is InChI=1S/C11H13N3O3/c1-7-3-4-13-10(8(7)5-12)14-6-9(17-2)11(15)16/h3-4,9H,6H2,1-2H3,(H,13,14)(H,15,16). The zero-order valence-corrected chi connectivity index (χ0v) is 9.60. The van der Waals surface area contributed by atoms with Gasteiger partial charge in [-0.25, -0.2) is 9.78 Å². The molecule has 1 rings (SSSR count). The zero-order chi connectivity index (χ0) is 12.8. The third kappa shape index (κ3) is 3.16. The smallest absolute Gasteiger partial charge is 0.334 e. The third-order valence-electron chi connectivity index (χ3n) is 2.29. The Labute approximate surface area is 98.9 Å². The number of nitrogens with one attached hydrogen (secondary N) is 1. The van der Waals surface area contributed by atoms with E-state index in [0.29, 0.717) is 11.4 Å². The molecule has 1 heterocycles. The number of aliphatic carboxylic acids is 1. The van der Waals surface area contributed by atoms with E-state index in [-0.39, 0.29) is 6.54 Å². The first kappa shape index (κ1) is 12.9. The van der Waals surface area contributed by atoms with Crippen LogP contribution in [0.2, 0.25) is 0 Å². The predicted octanol–water partition coefficient (Wildman–Crippen LogP) is 0.773. The Balaban J connectivity index is 2.79. The van der Waals surface area contributed by atoms with Crippen LogP contribution >= 0.6 is 0 Å². The largest absolute Gasteiger partial charge is 0.479 e. The second-order valence-corrected chi connectivity index (χ2v) is 3.41. The average Bonchev–Trinajstić information content (AvgIpc) is 2.29. The molecule has 1 unspecified atom stereocenters. The van der Waals surface area contributed by atoms with E-state index in [1.54, 1.807) is 19.2 Å². The number of methoxy groups -OCH3 is 1. The van der Waals surface area contributed by atoms with Crippen molar-refractivity contribution in [3.05, 3.63) is 23.4 Å². The van der Waals surface area contributed by atoms with E-state index in [1.165, 1.54) is 7.11 Å². The van der Waals surface area contributed by atoms with Gasteiger partial charge < -0.3 is 15.2 Å². The number of hydrogen-bond acceptors (Lipinski definition) is 5. The fourth-order valence-corrected chi connectivity index (χ4v) is 1.29. The van der Waals surface area contributed by atoms with Crippen molar-refractivity contribution in [3.63, 3.8) is 0 Å². The molecule has 1 atom stereocenters. The molecule has 1 aromatic rings. The Kier molecular flexibility index (Phi) is 4.43. The molecule has 0 fully saturated rings. The van der Waals surface area contributed by atoms with Gasteiger partial charge in [0.05, 0.1) is 12.1 Å². The Bertz CT molecular complexity index is 454. The van der Waals surface area contributed by atoms with Crippen molar-refractivity contribution in [2.75, 3.05) is 19.0 Å². The van der Waals surface area contributed by atoms with Crippen molar-refractivity contribution in [1.29, 1.82) is 5.26 Å². The lowest BCUT2D eigenvalue weighted by Gasteiger charge is -2.13. The van der Waals surface area contributed by atoms with Crippen molar-refractivity contribution < 1.29 is 14.6 Å². The molecule has 0 aromatic carbocycles. The number of carboxylic acid groups (broad SMARTS) is 1. The highest BCUT2D eigenvalue weighted by Gasteiger charge is 2.17. The number of anilines is 1. The van der Waals surface area contributed by atoms with E-state index in [4.69, 9.17) is 15.1 Å². The predicted molar refractivity (Wildman–Crippen MR) is 60.6 cm³/mol. The molecular weight excluding hydrogens is 222 g/mol. The maximum atomic E-state index is 10.7. The summed E-state index contributed by atoms with van der Waals surface area (Å²) in [5.41, 5.74) is 1.20. The molecule has 0 amide bonds. The molecule has 90 valence electrons. The van der Waals surface area contributed by atoms with Gasteiger partial charge in [-0.05, 0) is 18.6 Å². The fourth-order valence-electron chi connectivity index (χ4n) is 1.29. The van der Waals surface area contributed by atoms with E-state index in [2.05, 4.69) is 10.3 Å². The lowest BCUT2D eigenvalue weighted by molar-refractivity contribution is -0.147. The number of rotatable bonds is 5. The van der Waals surface area contributed by atoms with Gasteiger partial charge in [-0.2, -0.15) is 5.26 Å². The number of ether oxygens (including phenoxy) is 1. The van der Waals surface area contributed by atoms with E-state index >= 15 is 0 Å². The minimum absolute atomic E-state index is 0.0525. The van der Waals surface area contributed by atoms with Crippen LogP contribution in [0.1, 0.15) is 11.1 Å². The number of nitriles is 1. The SMILES string of the molecule is COC(CNc1nccc(C)c1C#N)C(=O)O. The normalized spacial score (nSPS) is 11.6. The number of carbonyl (C=O) groups is 1. The molecular formula is C11H13N3O3. The van der Waals surface area contributed by atoms with Gasteiger partial charge in [0.15, 0.2) is 6.10 Å². The summed E-state index contributed by atoms with van der Waals surface area (Å²) in [5.74, 6) is -0.693. The first-order valence-electron chi connectivity index (χ1n) is 4.95. The van der Waals surface area contributed by atoms with E-state index < -0.39 is 12.1 Å². The fraction of sp³-hybridized carbons (Fsp3) is 0.364. The molecule has 0 aliphatic heterocycles. The highest BCUT2D eigenvalue weighted by molar-refractivity contribution is 5.73. The maximum Gasteiger partial charge on any atom is 0.334 e. The van der Waals surface area contributed by atoms with Gasteiger partial charge in [0.25, 0.3) is 0 Å². The van der Waals surface area contributed by atoms with Crippen LogP contribution in [0.3, 0.4) is 0 Å². The quantitative estimate of drug-likeness (QED) is 0.782. The van der Waals surface area contributed by atoms with Crippen LogP contribution in [0.5, 0.6) is 0 Å². The lowest BCUT2D eigenvalue weighted by atomic mass is 10.1. The molecule has 2 N–H and O–H groups in total. The van der Waals surface area contributed by atoms with Crippen LogP contribution in [0.25, 0.3) is 0 Å². The molecule has 6 nitrogen and oxygen atoms in total. The summed E-state index contributed by atoms with van der Waals surface area (Å²) in [6, 6.07) is 3.74. The Morgan fingerprint density at radius 1 is 1.76 bits per heavy atom. The van der Waals surface area contributed by atoms with Gasteiger partial charge in [-0.1, -0.05) is 0 Å². The monoisotopic (exact) mass is 235 g/mol. The first-order chi connectivity index (χ1) is 8.10. The van der Waals surface area contributed by atoms with Gasteiger partial charge in [-0.15, -0.1) is 0 Å². The van der Waals surface area contributed by atoms with Gasteiger partial charge >= 0.3 is 5.97 Å². The Morgan fingerprint density at radius 2 is 2.47 bits per heavy atom. The maximum absolute atomic E-state index is 10.7. The number of hydrogen-bond donors (Lipinski definition) is 2. The molecule has 0 saturated heterocycles. The number of aromatic nitrogens is 1. The topological polar surface area (TPSA) is 95.2 Å². The van der Waals surface area contributed by atoms with Crippen molar-refractivity contribution in [2.24, 2.45) is 0 Å². The first-order valence-corrected chi connectivity index (χ1v) is 4.95. The van der Waals surface area contributed by atoms with E-state index in [9.17, 15) is 4.79 Å². The molecule has 0 spiro atoms. The molecule has 0 bridgehead atoms. The zero-order valence-electron chi connectivity index (χ0n) is 9.60. The van der Waals surface area contributed by atoms with Gasteiger partial charge in [-0.3, -0.25) is 0 Å². The number of pyridine rings is 1. The van der Waals surface area contributed by atoms with Crippen molar-refractivity contribution in [1.82, 2.24) is 4.98 Å². The summed E-state index contributed by atoms with van der Waals surface area (Å²) >= 11 is 0. The highest BCUT2D eigenvalue weighted by atomic mass is 16.5. The third-order valence-corrected chi connectivity index (χ3v) is 2.29. The average molecular weight is 235 g/mol. The summed E-state index contributed by atoms with van der Waals surface area (Å²) in [6.45, 7) is 1.84. The molecule has 1 aromatic heterocycles. The van der Waals surface area contributed by atoms with Crippen LogP contribution < -0.4 is 5.32 Å². The summed E-state index contributed by atoms with van der Waals surface area (Å²) < 4.78 is 4.76. The van der Waals surface area contributed by atoms with Gasteiger partial charge in [0.1, 0.15) is 11.9 Å². The molecule has 0 radical (unpaired) electrons. The van der Waals surface area contributed by atoms with Gasteiger partial charge in [0.2, 0.25) is 0 Å². The summed E-state index contributed by atoms with van der Waals surface area (Å²) in [7, 11) is 1.31. The lowest BCUT2D eigenvalue weighted by Crippen LogP contribution is -2.30. The highest BCUT2D eigenvalue weighted by Crippen LogP contribution is 2.14. The van der Waals surface area contributed by atoms with Crippen LogP contribution in [0.4, 0.5) is 5.82 Å².